The Balaban J connectivity index is 2.40. The fraction of sp³-hybridized carbons (Fsp3) is 0.700. The van der Waals surface area contributed by atoms with E-state index in [-0.39, 0.29) is 6.01 Å². The smallest absolute Gasteiger partial charge is 0.292 e. The Bertz CT molecular complexity index is 266. The Morgan fingerprint density at radius 3 is 2.62 bits per heavy atom. The van der Waals surface area contributed by atoms with Gasteiger partial charge in [-0.25, -0.2) is 0 Å². The Hall–Kier alpha value is -0.990. The van der Waals surface area contributed by atoms with Gasteiger partial charge in [0.25, 0.3) is 6.01 Å². The minimum absolute atomic E-state index is 0.289. The van der Waals surface area contributed by atoms with Crippen molar-refractivity contribution < 1.29 is 4.42 Å². The maximum absolute atomic E-state index is 5.43. The fourth-order valence-electron chi connectivity index (χ4n) is 1.36. The molecule has 0 aliphatic carbocycles. The van der Waals surface area contributed by atoms with Crippen LogP contribution in [0, 0.1) is 12.8 Å². The van der Waals surface area contributed by atoms with E-state index in [9.17, 15) is 0 Å². The molecule has 0 radical (unpaired) electrons. The zero-order chi connectivity index (χ0) is 9.84. The van der Waals surface area contributed by atoms with Crippen molar-refractivity contribution in [1.29, 1.82) is 0 Å². The molecular formula is C10H18N2O. The molecule has 0 saturated carbocycles. The summed E-state index contributed by atoms with van der Waals surface area (Å²) in [7, 11) is 0. The van der Waals surface area contributed by atoms with E-state index < -0.39 is 0 Å². The van der Waals surface area contributed by atoms with Gasteiger partial charge in [0.2, 0.25) is 0 Å². The molecule has 0 atom stereocenters. The second kappa shape index (κ2) is 4.30. The van der Waals surface area contributed by atoms with Crippen molar-refractivity contribution in [2.45, 2.75) is 40.0 Å². The predicted molar refractivity (Wildman–Crippen MR) is 53.4 cm³/mol. The monoisotopic (exact) mass is 182 g/mol. The topological polar surface area (TPSA) is 52.0 Å². The maximum atomic E-state index is 5.43. The molecule has 3 nitrogen and oxygen atoms in total. The molecule has 0 aliphatic heterocycles. The number of nitrogens with zero attached hydrogens (tertiary/aromatic N) is 1. The van der Waals surface area contributed by atoms with E-state index in [1.807, 2.05) is 6.92 Å². The lowest BCUT2D eigenvalue weighted by Gasteiger charge is -2.01. The van der Waals surface area contributed by atoms with E-state index in [1.54, 1.807) is 0 Å². The van der Waals surface area contributed by atoms with Crippen LogP contribution in [-0.4, -0.2) is 4.98 Å². The van der Waals surface area contributed by atoms with Crippen LogP contribution in [0.15, 0.2) is 4.42 Å². The summed E-state index contributed by atoms with van der Waals surface area (Å²) in [5.74, 6) is 1.62. The molecule has 2 N–H and O–H groups in total. The molecule has 0 unspecified atom stereocenters. The average molecular weight is 182 g/mol. The number of oxazole rings is 1. The van der Waals surface area contributed by atoms with Crippen LogP contribution >= 0.6 is 0 Å². The summed E-state index contributed by atoms with van der Waals surface area (Å²) < 4.78 is 5.14. The van der Waals surface area contributed by atoms with Gasteiger partial charge in [0.05, 0.1) is 5.69 Å². The number of nitrogen functional groups attached to an aromatic ring is 1. The van der Waals surface area contributed by atoms with Crippen molar-refractivity contribution >= 4 is 6.01 Å². The number of anilines is 1. The number of aromatic nitrogens is 1. The summed E-state index contributed by atoms with van der Waals surface area (Å²) in [6.07, 6.45) is 3.36. The van der Waals surface area contributed by atoms with Gasteiger partial charge in [-0.3, -0.25) is 0 Å². The number of nitrogens with two attached hydrogens (primary N) is 1. The highest BCUT2D eigenvalue weighted by molar-refractivity contribution is 5.18. The Kier molecular flexibility index (Phi) is 3.34. The summed E-state index contributed by atoms with van der Waals surface area (Å²) in [4.78, 5) is 4.12. The molecule has 0 amide bonds. The van der Waals surface area contributed by atoms with E-state index in [1.165, 1.54) is 6.42 Å². The number of hydrogen-bond acceptors (Lipinski definition) is 3. The third-order valence-electron chi connectivity index (χ3n) is 2.10. The zero-order valence-electron chi connectivity index (χ0n) is 8.63. The molecule has 0 aliphatic rings. The van der Waals surface area contributed by atoms with Crippen LogP contribution < -0.4 is 5.73 Å². The molecular weight excluding hydrogens is 164 g/mol. The lowest BCUT2D eigenvalue weighted by molar-refractivity contribution is 0.533. The Morgan fingerprint density at radius 2 is 2.15 bits per heavy atom. The van der Waals surface area contributed by atoms with Crippen LogP contribution in [0.25, 0.3) is 0 Å². The largest absolute Gasteiger partial charge is 0.429 e. The summed E-state index contributed by atoms with van der Waals surface area (Å²) in [6.45, 7) is 6.36. The minimum Gasteiger partial charge on any atom is -0.429 e. The van der Waals surface area contributed by atoms with Gasteiger partial charge in [0, 0.05) is 0 Å². The van der Waals surface area contributed by atoms with Gasteiger partial charge in [0.1, 0.15) is 5.76 Å². The molecule has 0 spiro atoms. The third-order valence-corrected chi connectivity index (χ3v) is 2.10. The molecule has 13 heavy (non-hydrogen) atoms. The number of aryl methyl sites for hydroxylation is 2. The zero-order valence-corrected chi connectivity index (χ0v) is 8.63. The van der Waals surface area contributed by atoms with Crippen molar-refractivity contribution in [2.75, 3.05) is 5.73 Å². The molecule has 1 heterocycles. The lowest BCUT2D eigenvalue weighted by Crippen LogP contribution is -1.93. The van der Waals surface area contributed by atoms with Crippen molar-refractivity contribution in [3.8, 4) is 0 Å². The van der Waals surface area contributed by atoms with Crippen molar-refractivity contribution in [3.63, 3.8) is 0 Å². The third kappa shape index (κ3) is 3.09. The highest BCUT2D eigenvalue weighted by atomic mass is 16.4. The average Bonchev–Trinajstić information content (AvgIpc) is 2.29. The molecule has 0 aromatic carbocycles. The SMILES string of the molecule is Cc1oc(N)nc1CCCC(C)C. The predicted octanol–water partition coefficient (Wildman–Crippen LogP) is 2.54. The van der Waals surface area contributed by atoms with Gasteiger partial charge in [-0.2, -0.15) is 4.98 Å². The minimum atomic E-state index is 0.289. The fourth-order valence-corrected chi connectivity index (χ4v) is 1.36. The molecule has 74 valence electrons. The first-order chi connectivity index (χ1) is 6.09. The molecule has 0 fully saturated rings. The van der Waals surface area contributed by atoms with Gasteiger partial charge < -0.3 is 10.2 Å². The normalized spacial score (nSPS) is 11.1. The molecule has 3 heteroatoms. The van der Waals surface area contributed by atoms with Gasteiger partial charge in [-0.1, -0.05) is 20.3 Å². The Labute approximate surface area is 79.3 Å². The van der Waals surface area contributed by atoms with E-state index in [4.69, 9.17) is 10.2 Å². The van der Waals surface area contributed by atoms with E-state index in [0.29, 0.717) is 0 Å². The number of rotatable bonds is 4. The highest BCUT2D eigenvalue weighted by Crippen LogP contribution is 2.15. The quantitative estimate of drug-likeness (QED) is 0.778. The summed E-state index contributed by atoms with van der Waals surface area (Å²) in [5, 5.41) is 0. The van der Waals surface area contributed by atoms with Gasteiger partial charge in [-0.15, -0.1) is 0 Å². The van der Waals surface area contributed by atoms with E-state index in [2.05, 4.69) is 18.8 Å². The van der Waals surface area contributed by atoms with Crippen LogP contribution in [-0.2, 0) is 6.42 Å². The molecule has 1 aromatic rings. The van der Waals surface area contributed by atoms with Crippen molar-refractivity contribution in [3.05, 3.63) is 11.5 Å². The molecule has 0 saturated heterocycles. The molecule has 0 bridgehead atoms. The first kappa shape index (κ1) is 10.1. The van der Waals surface area contributed by atoms with Crippen molar-refractivity contribution in [1.82, 2.24) is 4.98 Å². The Morgan fingerprint density at radius 1 is 1.46 bits per heavy atom. The highest BCUT2D eigenvalue weighted by Gasteiger charge is 2.06. The summed E-state index contributed by atoms with van der Waals surface area (Å²) >= 11 is 0. The van der Waals surface area contributed by atoms with E-state index in [0.717, 1.165) is 30.2 Å². The second-order valence-electron chi connectivity index (χ2n) is 3.84. The lowest BCUT2D eigenvalue weighted by atomic mass is 10.1. The van der Waals surface area contributed by atoms with Crippen molar-refractivity contribution in [2.24, 2.45) is 5.92 Å². The van der Waals surface area contributed by atoms with Crippen LogP contribution in [0.1, 0.15) is 38.1 Å². The number of hydrogen-bond donors (Lipinski definition) is 1. The summed E-state index contributed by atoms with van der Waals surface area (Å²) in [5.41, 5.74) is 6.45. The van der Waals surface area contributed by atoms with Crippen LogP contribution in [0.5, 0.6) is 0 Å². The van der Waals surface area contributed by atoms with Crippen LogP contribution in [0.4, 0.5) is 6.01 Å². The maximum Gasteiger partial charge on any atom is 0.292 e. The first-order valence-electron chi connectivity index (χ1n) is 4.81. The van der Waals surface area contributed by atoms with Crippen LogP contribution in [0.2, 0.25) is 0 Å². The first-order valence-corrected chi connectivity index (χ1v) is 4.81. The standard InChI is InChI=1S/C10H18N2O/c1-7(2)5-4-6-9-8(3)13-10(11)12-9/h7H,4-6H2,1-3H3,(H2,11,12). The molecule has 1 aromatic heterocycles. The second-order valence-corrected chi connectivity index (χ2v) is 3.84. The van der Waals surface area contributed by atoms with Gasteiger partial charge in [-0.05, 0) is 25.7 Å². The summed E-state index contributed by atoms with van der Waals surface area (Å²) in [6, 6.07) is 0.289. The van der Waals surface area contributed by atoms with Crippen LogP contribution in [0.3, 0.4) is 0 Å². The van der Waals surface area contributed by atoms with Gasteiger partial charge >= 0.3 is 0 Å². The molecule has 1 rings (SSSR count). The van der Waals surface area contributed by atoms with Gasteiger partial charge in [0.15, 0.2) is 0 Å². The van der Waals surface area contributed by atoms with E-state index >= 15 is 0 Å².